The smallest absolute Gasteiger partial charge is 0.228 e. The Labute approximate surface area is 194 Å². The minimum Gasteiger partial charge on any atom is -0.352 e. The number of likely N-dealkylation sites (tertiary alicyclic amines) is 1. The molecular formula is C27H29FN4O. The first-order valence-corrected chi connectivity index (χ1v) is 11.3. The summed E-state index contributed by atoms with van der Waals surface area (Å²) in [6.07, 6.45) is 9.16. The Morgan fingerprint density at radius 2 is 1.91 bits per heavy atom. The van der Waals surface area contributed by atoms with Gasteiger partial charge in [-0.25, -0.2) is 14.4 Å². The van der Waals surface area contributed by atoms with Gasteiger partial charge in [0.1, 0.15) is 12.1 Å². The number of nitrogens with zero attached hydrogens (tertiary/aromatic N) is 3. The third-order valence-corrected chi connectivity index (χ3v) is 6.28. The fourth-order valence-electron chi connectivity index (χ4n) is 4.73. The van der Waals surface area contributed by atoms with Crippen molar-refractivity contribution < 1.29 is 9.18 Å². The van der Waals surface area contributed by atoms with E-state index in [1.807, 2.05) is 24.3 Å². The van der Waals surface area contributed by atoms with E-state index < -0.39 is 5.41 Å². The highest BCUT2D eigenvalue weighted by Crippen LogP contribution is 2.37. The van der Waals surface area contributed by atoms with Gasteiger partial charge in [0.15, 0.2) is 0 Å². The predicted octanol–water partition coefficient (Wildman–Crippen LogP) is 4.41. The topological polar surface area (TPSA) is 58.1 Å². The van der Waals surface area contributed by atoms with Crippen molar-refractivity contribution in [1.29, 1.82) is 0 Å². The van der Waals surface area contributed by atoms with Gasteiger partial charge in [-0.15, -0.1) is 6.58 Å². The Hall–Kier alpha value is -3.38. The van der Waals surface area contributed by atoms with Crippen molar-refractivity contribution >= 4 is 5.91 Å². The summed E-state index contributed by atoms with van der Waals surface area (Å²) >= 11 is 0. The van der Waals surface area contributed by atoms with Gasteiger partial charge >= 0.3 is 0 Å². The highest BCUT2D eigenvalue weighted by Gasteiger charge is 2.42. The molecule has 1 N–H and O–H groups in total. The first-order valence-electron chi connectivity index (χ1n) is 11.3. The van der Waals surface area contributed by atoms with E-state index in [9.17, 15) is 9.18 Å². The van der Waals surface area contributed by atoms with Crippen molar-refractivity contribution in [2.24, 2.45) is 5.41 Å². The molecule has 0 saturated carbocycles. The summed E-state index contributed by atoms with van der Waals surface area (Å²) in [5.74, 6) is -0.192. The number of carbonyl (C=O) groups is 1. The minimum absolute atomic E-state index is 0.0466. The molecule has 0 aliphatic carbocycles. The van der Waals surface area contributed by atoms with Crippen molar-refractivity contribution in [2.75, 3.05) is 19.6 Å². The summed E-state index contributed by atoms with van der Waals surface area (Å²) < 4.78 is 13.3. The molecule has 0 radical (unpaired) electrons. The third-order valence-electron chi connectivity index (χ3n) is 6.28. The van der Waals surface area contributed by atoms with Gasteiger partial charge in [-0.2, -0.15) is 0 Å². The van der Waals surface area contributed by atoms with Gasteiger partial charge in [-0.05, 0) is 54.6 Å². The molecule has 3 aromatic rings. The van der Waals surface area contributed by atoms with Crippen molar-refractivity contribution in [3.8, 4) is 11.1 Å². The van der Waals surface area contributed by atoms with E-state index in [2.05, 4.69) is 38.9 Å². The van der Waals surface area contributed by atoms with Crippen LogP contribution in [-0.2, 0) is 17.8 Å². The molecule has 1 aliphatic rings. The molecule has 1 aromatic heterocycles. The number of carbonyl (C=O) groups excluding carboxylic acids is 1. The molecule has 33 heavy (non-hydrogen) atoms. The van der Waals surface area contributed by atoms with Gasteiger partial charge in [0, 0.05) is 37.6 Å². The first-order chi connectivity index (χ1) is 16.1. The lowest BCUT2D eigenvalue weighted by atomic mass is 9.73. The summed E-state index contributed by atoms with van der Waals surface area (Å²) in [6.45, 7) is 6.41. The molecule has 0 bridgehead atoms. The average Bonchev–Trinajstić information content (AvgIpc) is 2.85. The fourth-order valence-corrected chi connectivity index (χ4v) is 4.73. The second kappa shape index (κ2) is 10.5. The second-order valence-corrected chi connectivity index (χ2v) is 8.68. The Morgan fingerprint density at radius 1 is 1.15 bits per heavy atom. The number of halogens is 1. The minimum atomic E-state index is -0.576. The van der Waals surface area contributed by atoms with Gasteiger partial charge in [0.2, 0.25) is 5.91 Å². The average molecular weight is 445 g/mol. The number of hydrogen-bond acceptors (Lipinski definition) is 4. The maximum atomic E-state index is 13.5. The number of benzene rings is 2. The molecule has 2 aromatic carbocycles. The van der Waals surface area contributed by atoms with Gasteiger partial charge in [-0.3, -0.25) is 9.69 Å². The molecule has 1 unspecified atom stereocenters. The number of aromatic nitrogens is 2. The molecule has 2 heterocycles. The lowest BCUT2D eigenvalue weighted by Gasteiger charge is -2.42. The Bertz CT molecular complexity index is 1090. The van der Waals surface area contributed by atoms with Crippen LogP contribution in [0.5, 0.6) is 0 Å². The molecule has 6 heteroatoms. The number of hydrogen-bond donors (Lipinski definition) is 1. The molecule has 0 spiro atoms. The second-order valence-electron chi connectivity index (χ2n) is 8.68. The Morgan fingerprint density at radius 3 is 2.67 bits per heavy atom. The zero-order valence-corrected chi connectivity index (χ0v) is 18.7. The Balaban J connectivity index is 1.63. The monoisotopic (exact) mass is 444 g/mol. The number of nitrogens with one attached hydrogen (secondary N) is 1. The van der Waals surface area contributed by atoms with Crippen LogP contribution in [0.1, 0.15) is 24.0 Å². The number of rotatable bonds is 8. The van der Waals surface area contributed by atoms with Crippen LogP contribution in [0.15, 0.2) is 79.9 Å². The number of piperidine rings is 1. The van der Waals surface area contributed by atoms with Crippen LogP contribution in [0.4, 0.5) is 4.39 Å². The van der Waals surface area contributed by atoms with Gasteiger partial charge in [-0.1, -0.05) is 42.5 Å². The molecule has 1 fully saturated rings. The molecule has 170 valence electrons. The molecule has 1 aliphatic heterocycles. The van der Waals surface area contributed by atoms with Gasteiger partial charge < -0.3 is 5.32 Å². The molecule has 1 amide bonds. The molecule has 1 saturated heterocycles. The van der Waals surface area contributed by atoms with E-state index >= 15 is 0 Å². The highest BCUT2D eigenvalue weighted by molar-refractivity contribution is 5.84. The summed E-state index contributed by atoms with van der Waals surface area (Å²) in [6, 6.07) is 14.8. The predicted molar refractivity (Wildman–Crippen MR) is 128 cm³/mol. The van der Waals surface area contributed by atoms with Crippen molar-refractivity contribution in [3.63, 3.8) is 0 Å². The maximum Gasteiger partial charge on any atom is 0.228 e. The lowest BCUT2D eigenvalue weighted by Crippen LogP contribution is -2.53. The fraction of sp³-hybridized carbons (Fsp3) is 0.296. The zero-order valence-electron chi connectivity index (χ0n) is 18.7. The van der Waals surface area contributed by atoms with E-state index in [1.54, 1.807) is 18.5 Å². The summed E-state index contributed by atoms with van der Waals surface area (Å²) in [4.78, 5) is 24.2. The highest BCUT2D eigenvalue weighted by atomic mass is 19.1. The third kappa shape index (κ3) is 5.52. The molecule has 1 atom stereocenters. The summed E-state index contributed by atoms with van der Waals surface area (Å²) in [5.41, 5.74) is 3.55. The van der Waals surface area contributed by atoms with Crippen molar-refractivity contribution in [3.05, 3.63) is 96.9 Å². The van der Waals surface area contributed by atoms with Crippen LogP contribution in [-0.4, -0.2) is 40.4 Å². The van der Waals surface area contributed by atoms with Crippen LogP contribution < -0.4 is 5.32 Å². The molecule has 5 nitrogen and oxygen atoms in total. The van der Waals surface area contributed by atoms with E-state index in [4.69, 9.17) is 0 Å². The van der Waals surface area contributed by atoms with E-state index in [-0.39, 0.29) is 11.7 Å². The lowest BCUT2D eigenvalue weighted by molar-refractivity contribution is -0.134. The van der Waals surface area contributed by atoms with Crippen LogP contribution in [0, 0.1) is 11.2 Å². The normalized spacial score (nSPS) is 18.6. The SMILES string of the molecule is C=CCNC(=O)C1(Cc2ccccc2-c2cncnc2)CCCN(Cc2ccc(F)cc2)C1. The van der Waals surface area contributed by atoms with Crippen LogP contribution in [0.2, 0.25) is 0 Å². The Kier molecular flexibility index (Phi) is 7.25. The van der Waals surface area contributed by atoms with Crippen LogP contribution in [0.25, 0.3) is 11.1 Å². The maximum absolute atomic E-state index is 13.5. The van der Waals surface area contributed by atoms with Crippen LogP contribution >= 0.6 is 0 Å². The standard InChI is InChI=1S/C27H29FN4O/c1-2-13-31-26(33)27(12-5-14-32(19-27)18-21-8-10-24(28)11-9-21)15-22-6-3-4-7-25(22)23-16-29-20-30-17-23/h2-4,6-11,16-17,20H,1,5,12-15,18-19H2,(H,31,33). The summed E-state index contributed by atoms with van der Waals surface area (Å²) in [7, 11) is 0. The van der Waals surface area contributed by atoms with E-state index in [1.165, 1.54) is 18.5 Å². The summed E-state index contributed by atoms with van der Waals surface area (Å²) in [5, 5.41) is 3.06. The van der Waals surface area contributed by atoms with E-state index in [0.29, 0.717) is 26.1 Å². The zero-order chi connectivity index (χ0) is 23.1. The largest absolute Gasteiger partial charge is 0.352 e. The van der Waals surface area contributed by atoms with Crippen molar-refractivity contribution in [2.45, 2.75) is 25.8 Å². The molecular weight excluding hydrogens is 415 g/mol. The van der Waals surface area contributed by atoms with Gasteiger partial charge in [0.05, 0.1) is 5.41 Å². The number of amides is 1. The first kappa shape index (κ1) is 22.8. The van der Waals surface area contributed by atoms with Crippen molar-refractivity contribution in [1.82, 2.24) is 20.2 Å². The van der Waals surface area contributed by atoms with E-state index in [0.717, 1.165) is 41.6 Å². The quantitative estimate of drug-likeness (QED) is 0.523. The van der Waals surface area contributed by atoms with Crippen LogP contribution in [0.3, 0.4) is 0 Å². The molecule has 4 rings (SSSR count). The van der Waals surface area contributed by atoms with Gasteiger partial charge in [0.25, 0.3) is 0 Å².